The minimum atomic E-state index is -0.834. The summed E-state index contributed by atoms with van der Waals surface area (Å²) in [7, 11) is 0. The molecule has 6 heteroatoms. The summed E-state index contributed by atoms with van der Waals surface area (Å²) in [4.78, 5) is 22.6. The number of hydrazone groups is 1. The lowest BCUT2D eigenvalue weighted by atomic mass is 10.2. The first-order valence-electron chi connectivity index (χ1n) is 5.86. The molecule has 0 radical (unpaired) electrons. The van der Waals surface area contributed by atoms with Gasteiger partial charge < -0.3 is 5.32 Å². The van der Waals surface area contributed by atoms with Crippen LogP contribution in [0, 0.1) is 11.7 Å². The predicted octanol–water partition coefficient (Wildman–Crippen LogP) is 1.05. The number of amides is 2. The Balaban J connectivity index is 2.41. The van der Waals surface area contributed by atoms with Crippen LogP contribution in [0.25, 0.3) is 0 Å². The van der Waals surface area contributed by atoms with Crippen LogP contribution in [0.15, 0.2) is 29.4 Å². The van der Waals surface area contributed by atoms with E-state index in [0.29, 0.717) is 12.1 Å². The van der Waals surface area contributed by atoms with Crippen molar-refractivity contribution in [2.24, 2.45) is 11.0 Å². The lowest BCUT2D eigenvalue weighted by Gasteiger charge is -2.05. The molecule has 0 aliphatic carbocycles. The van der Waals surface area contributed by atoms with Gasteiger partial charge in [-0.15, -0.1) is 0 Å². The molecule has 0 fully saturated rings. The normalized spacial score (nSPS) is 10.7. The van der Waals surface area contributed by atoms with Gasteiger partial charge in [-0.1, -0.05) is 26.0 Å². The summed E-state index contributed by atoms with van der Waals surface area (Å²) in [6.07, 6.45) is 1.33. The molecule has 0 bridgehead atoms. The number of halogens is 1. The zero-order valence-electron chi connectivity index (χ0n) is 10.8. The van der Waals surface area contributed by atoms with Crippen molar-refractivity contribution in [2.75, 3.05) is 6.54 Å². The van der Waals surface area contributed by atoms with Crippen molar-refractivity contribution in [3.8, 4) is 0 Å². The van der Waals surface area contributed by atoms with Gasteiger partial charge in [0.15, 0.2) is 0 Å². The molecule has 102 valence electrons. The maximum atomic E-state index is 12.6. The van der Waals surface area contributed by atoms with Crippen LogP contribution in [0.5, 0.6) is 0 Å². The third-order valence-corrected chi connectivity index (χ3v) is 2.13. The molecule has 0 heterocycles. The molecule has 0 spiro atoms. The van der Waals surface area contributed by atoms with E-state index in [1.54, 1.807) is 0 Å². The Hall–Kier alpha value is -2.24. The number of hydrogen-bond acceptors (Lipinski definition) is 3. The molecular weight excluding hydrogens is 249 g/mol. The lowest BCUT2D eigenvalue weighted by Crippen LogP contribution is -2.39. The van der Waals surface area contributed by atoms with Crippen LogP contribution in [0.1, 0.15) is 19.4 Å². The average Bonchev–Trinajstić information content (AvgIpc) is 2.38. The number of carbonyl (C=O) groups excluding carboxylic acids is 2. The van der Waals surface area contributed by atoms with Crippen LogP contribution in [0.2, 0.25) is 0 Å². The van der Waals surface area contributed by atoms with E-state index < -0.39 is 11.8 Å². The van der Waals surface area contributed by atoms with E-state index in [1.165, 1.54) is 30.5 Å². The Kier molecular flexibility index (Phi) is 5.66. The fraction of sp³-hybridized carbons (Fsp3) is 0.308. The molecule has 0 aliphatic rings. The van der Waals surface area contributed by atoms with E-state index in [-0.39, 0.29) is 11.7 Å². The van der Waals surface area contributed by atoms with Crippen molar-refractivity contribution in [3.63, 3.8) is 0 Å². The molecule has 0 saturated carbocycles. The molecule has 2 N–H and O–H groups in total. The molecule has 0 saturated heterocycles. The van der Waals surface area contributed by atoms with Crippen molar-refractivity contribution in [1.29, 1.82) is 0 Å². The molecule has 2 amide bonds. The summed E-state index contributed by atoms with van der Waals surface area (Å²) in [5.74, 6) is -1.65. The number of nitrogens with zero attached hydrogens (tertiary/aromatic N) is 1. The minimum Gasteiger partial charge on any atom is -0.348 e. The zero-order chi connectivity index (χ0) is 14.3. The minimum absolute atomic E-state index is 0.263. The smallest absolute Gasteiger partial charge is 0.329 e. The standard InChI is InChI=1S/C13H16FN3O2/c1-9(2)7-15-12(18)13(19)17-16-8-10-3-5-11(14)6-4-10/h3-6,8-9H,7H2,1-2H3,(H,15,18)(H,17,19)/b16-8-. The van der Waals surface area contributed by atoms with E-state index in [2.05, 4.69) is 15.8 Å². The van der Waals surface area contributed by atoms with Crippen molar-refractivity contribution in [1.82, 2.24) is 10.7 Å². The molecule has 0 atom stereocenters. The maximum absolute atomic E-state index is 12.6. The Morgan fingerprint density at radius 3 is 2.47 bits per heavy atom. The second kappa shape index (κ2) is 7.25. The molecule has 1 aromatic rings. The van der Waals surface area contributed by atoms with Crippen molar-refractivity contribution < 1.29 is 14.0 Å². The van der Waals surface area contributed by atoms with E-state index >= 15 is 0 Å². The van der Waals surface area contributed by atoms with Crippen LogP contribution >= 0.6 is 0 Å². The Morgan fingerprint density at radius 1 is 1.26 bits per heavy atom. The summed E-state index contributed by atoms with van der Waals surface area (Å²) in [5, 5.41) is 6.08. The van der Waals surface area contributed by atoms with Gasteiger partial charge in [-0.2, -0.15) is 5.10 Å². The summed E-state index contributed by atoms with van der Waals surface area (Å²) in [6.45, 7) is 4.27. The summed E-state index contributed by atoms with van der Waals surface area (Å²) < 4.78 is 12.6. The van der Waals surface area contributed by atoms with Gasteiger partial charge in [-0.3, -0.25) is 9.59 Å². The topological polar surface area (TPSA) is 70.6 Å². The largest absolute Gasteiger partial charge is 0.348 e. The molecular formula is C13H16FN3O2. The quantitative estimate of drug-likeness (QED) is 0.485. The Morgan fingerprint density at radius 2 is 1.89 bits per heavy atom. The fourth-order valence-electron chi connectivity index (χ4n) is 1.14. The van der Waals surface area contributed by atoms with E-state index in [9.17, 15) is 14.0 Å². The van der Waals surface area contributed by atoms with Crippen molar-refractivity contribution >= 4 is 18.0 Å². The Bertz CT molecular complexity index is 469. The lowest BCUT2D eigenvalue weighted by molar-refractivity contribution is -0.139. The van der Waals surface area contributed by atoms with Gasteiger partial charge in [0.1, 0.15) is 5.82 Å². The molecule has 19 heavy (non-hydrogen) atoms. The summed E-state index contributed by atoms with van der Waals surface area (Å²) in [5.41, 5.74) is 2.71. The van der Waals surface area contributed by atoms with Crippen LogP contribution in [0.4, 0.5) is 4.39 Å². The molecule has 5 nitrogen and oxygen atoms in total. The molecule has 0 aromatic heterocycles. The van der Waals surface area contributed by atoms with Crippen LogP contribution in [-0.4, -0.2) is 24.6 Å². The highest BCUT2D eigenvalue weighted by Crippen LogP contribution is 1.99. The zero-order valence-corrected chi connectivity index (χ0v) is 10.8. The van der Waals surface area contributed by atoms with Crippen molar-refractivity contribution in [3.05, 3.63) is 35.6 Å². The fourth-order valence-corrected chi connectivity index (χ4v) is 1.14. The monoisotopic (exact) mass is 265 g/mol. The van der Waals surface area contributed by atoms with Gasteiger partial charge >= 0.3 is 11.8 Å². The molecule has 0 unspecified atom stereocenters. The van der Waals surface area contributed by atoms with E-state index in [4.69, 9.17) is 0 Å². The highest BCUT2D eigenvalue weighted by Gasteiger charge is 2.11. The predicted molar refractivity (Wildman–Crippen MR) is 70.0 cm³/mol. The second-order valence-electron chi connectivity index (χ2n) is 4.35. The van der Waals surface area contributed by atoms with Gasteiger partial charge in [-0.05, 0) is 23.6 Å². The highest BCUT2D eigenvalue weighted by molar-refractivity contribution is 6.35. The van der Waals surface area contributed by atoms with Crippen LogP contribution in [0.3, 0.4) is 0 Å². The van der Waals surface area contributed by atoms with E-state index in [0.717, 1.165) is 0 Å². The van der Waals surface area contributed by atoms with E-state index in [1.807, 2.05) is 13.8 Å². The SMILES string of the molecule is CC(C)CNC(=O)C(=O)N/N=C\c1ccc(F)cc1. The number of nitrogens with one attached hydrogen (secondary N) is 2. The van der Waals surface area contributed by atoms with Gasteiger partial charge in [0.2, 0.25) is 0 Å². The third-order valence-electron chi connectivity index (χ3n) is 2.13. The van der Waals surface area contributed by atoms with Crippen molar-refractivity contribution in [2.45, 2.75) is 13.8 Å². The Labute approximate surface area is 110 Å². The van der Waals surface area contributed by atoms with Gasteiger partial charge in [0.05, 0.1) is 6.21 Å². The first-order valence-corrected chi connectivity index (χ1v) is 5.86. The first-order chi connectivity index (χ1) is 8.99. The van der Waals surface area contributed by atoms with Gasteiger partial charge in [0.25, 0.3) is 0 Å². The maximum Gasteiger partial charge on any atom is 0.329 e. The molecule has 1 aromatic carbocycles. The van der Waals surface area contributed by atoms with Gasteiger partial charge in [-0.25, -0.2) is 9.82 Å². The summed E-state index contributed by atoms with van der Waals surface area (Å²) in [6, 6.07) is 5.56. The number of rotatable bonds is 4. The second-order valence-corrected chi connectivity index (χ2v) is 4.35. The van der Waals surface area contributed by atoms with Crippen LogP contribution < -0.4 is 10.7 Å². The average molecular weight is 265 g/mol. The van der Waals surface area contributed by atoms with Crippen LogP contribution in [-0.2, 0) is 9.59 Å². The number of carbonyl (C=O) groups is 2. The first kappa shape index (κ1) is 14.8. The summed E-state index contributed by atoms with van der Waals surface area (Å²) >= 11 is 0. The number of hydrogen-bond donors (Lipinski definition) is 2. The molecule has 0 aliphatic heterocycles. The van der Waals surface area contributed by atoms with Gasteiger partial charge in [0, 0.05) is 6.54 Å². The number of benzene rings is 1. The molecule has 1 rings (SSSR count). The highest BCUT2D eigenvalue weighted by atomic mass is 19.1. The third kappa shape index (κ3) is 5.76.